The lowest BCUT2D eigenvalue weighted by Gasteiger charge is -2.06. The molecule has 0 heterocycles. The van der Waals surface area contributed by atoms with E-state index in [9.17, 15) is 4.79 Å². The summed E-state index contributed by atoms with van der Waals surface area (Å²) in [6, 6.07) is 20.2. The summed E-state index contributed by atoms with van der Waals surface area (Å²) in [5.74, 6) is 0.178. The number of hydrogen-bond donors (Lipinski definition) is 2. The van der Waals surface area contributed by atoms with Crippen molar-refractivity contribution in [2.75, 3.05) is 13.1 Å². The zero-order valence-corrected chi connectivity index (χ0v) is 11.5. The van der Waals surface area contributed by atoms with Gasteiger partial charge in [0.25, 0.3) is 0 Å². The number of Topliss-reactive ketones (excluding diaryl/α,β-unsaturated/α-hetero) is 1. The molecular weight excluding hydrogens is 248 g/mol. The molecule has 0 saturated carbocycles. The maximum absolute atomic E-state index is 11.7. The average molecular weight is 268 g/mol. The normalized spacial score (nSPS) is 10.4. The third-order valence-electron chi connectivity index (χ3n) is 2.99. The molecule has 0 aliphatic carbocycles. The van der Waals surface area contributed by atoms with Gasteiger partial charge in [-0.25, -0.2) is 0 Å². The summed E-state index contributed by atoms with van der Waals surface area (Å²) in [5, 5.41) is 6.32. The summed E-state index contributed by atoms with van der Waals surface area (Å²) < 4.78 is 0. The molecule has 0 unspecified atom stereocenters. The number of rotatable bonds is 8. The first-order valence-electron chi connectivity index (χ1n) is 6.85. The first kappa shape index (κ1) is 14.4. The predicted molar refractivity (Wildman–Crippen MR) is 81.3 cm³/mol. The molecule has 0 spiro atoms. The number of carbonyl (C=O) groups excluding carboxylic acids is 1. The van der Waals surface area contributed by atoms with Gasteiger partial charge in [0.15, 0.2) is 5.78 Å². The zero-order chi connectivity index (χ0) is 14.0. The highest BCUT2D eigenvalue weighted by Crippen LogP contribution is 1.97. The monoisotopic (exact) mass is 268 g/mol. The standard InChI is InChI=1S/C17H20N2O/c20-17(13-18-11-15-7-3-1-4-8-15)14-19-12-16-9-5-2-6-10-16/h1-10,18-19H,11-14H2. The minimum atomic E-state index is 0.178. The van der Waals surface area contributed by atoms with E-state index < -0.39 is 0 Å². The molecular formula is C17H20N2O. The van der Waals surface area contributed by atoms with Crippen molar-refractivity contribution in [3.63, 3.8) is 0 Å². The molecule has 2 aromatic rings. The molecule has 0 aliphatic heterocycles. The van der Waals surface area contributed by atoms with Crippen molar-refractivity contribution in [1.29, 1.82) is 0 Å². The van der Waals surface area contributed by atoms with E-state index in [1.807, 2.05) is 60.7 Å². The van der Waals surface area contributed by atoms with Gasteiger partial charge in [-0.2, -0.15) is 0 Å². The Morgan fingerprint density at radius 2 is 1.10 bits per heavy atom. The molecule has 2 aromatic carbocycles. The van der Waals surface area contributed by atoms with Crippen molar-refractivity contribution in [3.05, 3.63) is 71.8 Å². The summed E-state index contributed by atoms with van der Waals surface area (Å²) in [6.07, 6.45) is 0. The topological polar surface area (TPSA) is 41.1 Å². The maximum Gasteiger partial charge on any atom is 0.160 e. The van der Waals surface area contributed by atoms with Crippen LogP contribution in [-0.4, -0.2) is 18.9 Å². The SMILES string of the molecule is O=C(CNCc1ccccc1)CNCc1ccccc1. The van der Waals surface area contributed by atoms with E-state index in [0.29, 0.717) is 13.1 Å². The number of ketones is 1. The number of hydrogen-bond acceptors (Lipinski definition) is 3. The Morgan fingerprint density at radius 1 is 0.700 bits per heavy atom. The van der Waals surface area contributed by atoms with E-state index >= 15 is 0 Å². The second-order valence-corrected chi connectivity index (χ2v) is 4.72. The predicted octanol–water partition coefficient (Wildman–Crippen LogP) is 2.14. The molecule has 0 saturated heterocycles. The molecule has 104 valence electrons. The van der Waals surface area contributed by atoms with Crippen LogP contribution in [0.4, 0.5) is 0 Å². The van der Waals surface area contributed by atoms with Crippen molar-refractivity contribution in [2.45, 2.75) is 13.1 Å². The highest BCUT2D eigenvalue weighted by molar-refractivity contribution is 5.82. The summed E-state index contributed by atoms with van der Waals surface area (Å²) in [4.78, 5) is 11.7. The Balaban J connectivity index is 1.59. The summed E-state index contributed by atoms with van der Waals surface area (Å²) in [6.45, 7) is 2.25. The zero-order valence-electron chi connectivity index (χ0n) is 11.5. The highest BCUT2D eigenvalue weighted by Gasteiger charge is 2.01. The summed E-state index contributed by atoms with van der Waals surface area (Å²) >= 11 is 0. The fourth-order valence-corrected chi connectivity index (χ4v) is 1.95. The fraction of sp³-hybridized carbons (Fsp3) is 0.235. The Bertz CT molecular complexity index is 464. The van der Waals surface area contributed by atoms with Crippen LogP contribution in [-0.2, 0) is 17.9 Å². The van der Waals surface area contributed by atoms with Gasteiger partial charge in [-0.3, -0.25) is 4.79 Å². The summed E-state index contributed by atoms with van der Waals surface area (Å²) in [7, 11) is 0. The minimum absolute atomic E-state index is 0.178. The van der Waals surface area contributed by atoms with Gasteiger partial charge in [0, 0.05) is 13.1 Å². The Labute approximate surface area is 120 Å². The fourth-order valence-electron chi connectivity index (χ4n) is 1.95. The summed E-state index contributed by atoms with van der Waals surface area (Å²) in [5.41, 5.74) is 2.38. The first-order chi connectivity index (χ1) is 9.84. The number of nitrogens with one attached hydrogen (secondary N) is 2. The molecule has 3 heteroatoms. The van der Waals surface area contributed by atoms with Crippen molar-refractivity contribution < 1.29 is 4.79 Å². The number of benzene rings is 2. The third-order valence-corrected chi connectivity index (χ3v) is 2.99. The quantitative estimate of drug-likeness (QED) is 0.770. The molecule has 2 rings (SSSR count). The van der Waals surface area contributed by atoms with Gasteiger partial charge in [0.2, 0.25) is 0 Å². The molecule has 2 N–H and O–H groups in total. The lowest BCUT2D eigenvalue weighted by molar-refractivity contribution is -0.117. The van der Waals surface area contributed by atoms with Crippen molar-refractivity contribution in [1.82, 2.24) is 10.6 Å². The van der Waals surface area contributed by atoms with Crippen LogP contribution in [0.2, 0.25) is 0 Å². The van der Waals surface area contributed by atoms with Crippen LogP contribution in [0.1, 0.15) is 11.1 Å². The van der Waals surface area contributed by atoms with Crippen LogP contribution in [0.25, 0.3) is 0 Å². The lowest BCUT2D eigenvalue weighted by atomic mass is 10.2. The molecule has 0 fully saturated rings. The van der Waals surface area contributed by atoms with E-state index in [4.69, 9.17) is 0 Å². The van der Waals surface area contributed by atoms with Crippen LogP contribution in [0.5, 0.6) is 0 Å². The Kier molecular flexibility index (Phi) is 5.96. The van der Waals surface area contributed by atoms with E-state index in [1.165, 1.54) is 11.1 Å². The lowest BCUT2D eigenvalue weighted by Crippen LogP contribution is -2.31. The van der Waals surface area contributed by atoms with Crippen molar-refractivity contribution in [3.8, 4) is 0 Å². The van der Waals surface area contributed by atoms with E-state index in [2.05, 4.69) is 10.6 Å². The number of carbonyl (C=O) groups is 1. The van der Waals surface area contributed by atoms with Crippen molar-refractivity contribution >= 4 is 5.78 Å². The average Bonchev–Trinajstić information content (AvgIpc) is 2.49. The second-order valence-electron chi connectivity index (χ2n) is 4.72. The van der Waals surface area contributed by atoms with E-state index in [0.717, 1.165) is 13.1 Å². The maximum atomic E-state index is 11.7. The van der Waals surface area contributed by atoms with Crippen molar-refractivity contribution in [2.24, 2.45) is 0 Å². The van der Waals surface area contributed by atoms with Gasteiger partial charge in [-0.15, -0.1) is 0 Å². The van der Waals surface area contributed by atoms with Gasteiger partial charge < -0.3 is 10.6 Å². The van der Waals surface area contributed by atoms with Gasteiger partial charge >= 0.3 is 0 Å². The molecule has 0 radical (unpaired) electrons. The van der Waals surface area contributed by atoms with Gasteiger partial charge in [0.05, 0.1) is 13.1 Å². The minimum Gasteiger partial charge on any atom is -0.306 e. The van der Waals surface area contributed by atoms with Gasteiger partial charge in [-0.05, 0) is 11.1 Å². The Hall–Kier alpha value is -1.97. The van der Waals surface area contributed by atoms with Gasteiger partial charge in [0.1, 0.15) is 0 Å². The molecule has 0 atom stereocenters. The Morgan fingerprint density at radius 3 is 1.50 bits per heavy atom. The molecule has 3 nitrogen and oxygen atoms in total. The highest BCUT2D eigenvalue weighted by atomic mass is 16.1. The van der Waals surface area contributed by atoms with Crippen LogP contribution >= 0.6 is 0 Å². The molecule has 0 amide bonds. The third kappa shape index (κ3) is 5.34. The van der Waals surface area contributed by atoms with E-state index in [1.54, 1.807) is 0 Å². The molecule has 0 bridgehead atoms. The molecule has 0 aliphatic rings. The van der Waals surface area contributed by atoms with Crippen LogP contribution in [0.15, 0.2) is 60.7 Å². The molecule has 20 heavy (non-hydrogen) atoms. The van der Waals surface area contributed by atoms with Gasteiger partial charge in [-0.1, -0.05) is 60.7 Å². The van der Waals surface area contributed by atoms with Crippen LogP contribution in [0.3, 0.4) is 0 Å². The first-order valence-corrected chi connectivity index (χ1v) is 6.85. The van der Waals surface area contributed by atoms with Crippen LogP contribution < -0.4 is 10.6 Å². The van der Waals surface area contributed by atoms with E-state index in [-0.39, 0.29) is 5.78 Å². The molecule has 0 aromatic heterocycles. The van der Waals surface area contributed by atoms with Crippen LogP contribution in [0, 0.1) is 0 Å². The largest absolute Gasteiger partial charge is 0.306 e. The second kappa shape index (κ2) is 8.25. The smallest absolute Gasteiger partial charge is 0.160 e.